The molecule has 0 fully saturated rings. The van der Waals surface area contributed by atoms with Crippen molar-refractivity contribution < 1.29 is 9.53 Å². The van der Waals surface area contributed by atoms with Crippen molar-refractivity contribution in [2.75, 3.05) is 0 Å². The van der Waals surface area contributed by atoms with Crippen LogP contribution in [0.25, 0.3) is 10.8 Å². The number of hydrogen-bond donors (Lipinski definition) is 1. The Bertz CT molecular complexity index is 906. The van der Waals surface area contributed by atoms with Gasteiger partial charge in [0.25, 0.3) is 5.91 Å². The molecule has 0 saturated heterocycles. The highest BCUT2D eigenvalue weighted by molar-refractivity contribution is 6.35. The number of carbonyl (C=O) groups excluding carboxylic acids is 1. The van der Waals surface area contributed by atoms with Crippen LogP contribution in [0, 0.1) is 0 Å². The Labute approximate surface area is 156 Å². The third-order valence-electron chi connectivity index (χ3n) is 3.89. The van der Waals surface area contributed by atoms with Crippen molar-refractivity contribution >= 4 is 39.9 Å². The van der Waals surface area contributed by atoms with Crippen LogP contribution in [0.1, 0.15) is 12.5 Å². The molecule has 0 aliphatic heterocycles. The Kier molecular flexibility index (Phi) is 5.47. The highest BCUT2D eigenvalue weighted by Crippen LogP contribution is 2.26. The van der Waals surface area contributed by atoms with Gasteiger partial charge in [-0.15, -0.1) is 0 Å². The first-order valence-corrected chi connectivity index (χ1v) is 8.66. The molecule has 3 rings (SSSR count). The normalized spacial score (nSPS) is 12.0. The number of benzene rings is 3. The van der Waals surface area contributed by atoms with Gasteiger partial charge in [0.05, 0.1) is 0 Å². The monoisotopic (exact) mass is 373 g/mol. The Morgan fingerprint density at radius 2 is 1.84 bits per heavy atom. The Hall–Kier alpha value is -2.23. The lowest BCUT2D eigenvalue weighted by Crippen LogP contribution is -2.36. The Morgan fingerprint density at radius 1 is 1.08 bits per heavy atom. The molecule has 1 unspecified atom stereocenters. The molecule has 128 valence electrons. The molecule has 0 aliphatic carbocycles. The molecule has 0 radical (unpaired) electrons. The first kappa shape index (κ1) is 17.6. The van der Waals surface area contributed by atoms with Crippen molar-refractivity contribution in [1.82, 2.24) is 5.32 Å². The summed E-state index contributed by atoms with van der Waals surface area (Å²) in [6.45, 7) is 2.04. The van der Waals surface area contributed by atoms with Crippen LogP contribution in [0.3, 0.4) is 0 Å². The first-order valence-electron chi connectivity index (χ1n) is 7.90. The number of nitrogens with one attached hydrogen (secondary N) is 1. The van der Waals surface area contributed by atoms with Crippen molar-refractivity contribution in [3.8, 4) is 5.75 Å². The summed E-state index contributed by atoms with van der Waals surface area (Å²) in [5.74, 6) is 0.476. The zero-order valence-electron chi connectivity index (χ0n) is 13.6. The molecule has 1 N–H and O–H groups in total. The molecule has 0 aromatic heterocycles. The summed E-state index contributed by atoms with van der Waals surface area (Å²) in [5, 5.41) is 5.97. The summed E-state index contributed by atoms with van der Waals surface area (Å²) in [5.41, 5.74) is 0.803. The Balaban J connectivity index is 1.66. The van der Waals surface area contributed by atoms with Gasteiger partial charge in [-0.25, -0.2) is 0 Å². The molecular weight excluding hydrogens is 357 g/mol. The van der Waals surface area contributed by atoms with Crippen LogP contribution in [0.4, 0.5) is 0 Å². The van der Waals surface area contributed by atoms with Crippen LogP contribution >= 0.6 is 23.2 Å². The minimum Gasteiger partial charge on any atom is -0.480 e. The van der Waals surface area contributed by atoms with Crippen LogP contribution in [-0.4, -0.2) is 12.0 Å². The van der Waals surface area contributed by atoms with Crippen molar-refractivity contribution in [2.24, 2.45) is 0 Å². The van der Waals surface area contributed by atoms with E-state index in [1.807, 2.05) is 42.5 Å². The fraction of sp³-hybridized carbons (Fsp3) is 0.150. The van der Waals surface area contributed by atoms with Crippen LogP contribution in [0.5, 0.6) is 5.75 Å². The second kappa shape index (κ2) is 7.77. The van der Waals surface area contributed by atoms with E-state index < -0.39 is 6.10 Å². The lowest BCUT2D eigenvalue weighted by Gasteiger charge is -2.16. The van der Waals surface area contributed by atoms with Crippen molar-refractivity contribution in [1.29, 1.82) is 0 Å². The van der Waals surface area contributed by atoms with E-state index in [2.05, 4.69) is 5.32 Å². The average molecular weight is 374 g/mol. The second-order valence-corrected chi connectivity index (χ2v) is 6.53. The number of carbonyl (C=O) groups is 1. The van der Waals surface area contributed by atoms with Gasteiger partial charge in [-0.1, -0.05) is 65.7 Å². The van der Waals surface area contributed by atoms with Crippen molar-refractivity contribution in [3.05, 3.63) is 76.3 Å². The summed E-state index contributed by atoms with van der Waals surface area (Å²) in [6.07, 6.45) is -0.628. The van der Waals surface area contributed by atoms with E-state index in [9.17, 15) is 4.79 Å². The van der Waals surface area contributed by atoms with E-state index in [1.165, 1.54) is 0 Å². The zero-order valence-corrected chi connectivity index (χ0v) is 15.1. The quantitative estimate of drug-likeness (QED) is 0.664. The van der Waals surface area contributed by atoms with Gasteiger partial charge in [0.2, 0.25) is 0 Å². The number of amides is 1. The first-order chi connectivity index (χ1) is 12.0. The highest BCUT2D eigenvalue weighted by atomic mass is 35.5. The fourth-order valence-electron chi connectivity index (χ4n) is 2.53. The third kappa shape index (κ3) is 4.25. The lowest BCUT2D eigenvalue weighted by atomic mass is 10.1. The molecule has 3 nitrogen and oxygen atoms in total. The minimum absolute atomic E-state index is 0.209. The molecule has 25 heavy (non-hydrogen) atoms. The van der Waals surface area contributed by atoms with Gasteiger partial charge in [0, 0.05) is 22.0 Å². The predicted molar refractivity (Wildman–Crippen MR) is 102 cm³/mol. The van der Waals surface area contributed by atoms with E-state index in [1.54, 1.807) is 25.1 Å². The van der Waals surface area contributed by atoms with Crippen LogP contribution in [0.15, 0.2) is 60.7 Å². The number of fused-ring (bicyclic) bond motifs is 1. The number of halogens is 2. The molecule has 0 heterocycles. The van der Waals surface area contributed by atoms with Gasteiger partial charge in [-0.05, 0) is 36.1 Å². The van der Waals surface area contributed by atoms with Gasteiger partial charge in [-0.2, -0.15) is 0 Å². The molecule has 0 saturated carbocycles. The maximum absolute atomic E-state index is 12.3. The topological polar surface area (TPSA) is 38.3 Å². The zero-order chi connectivity index (χ0) is 17.8. The summed E-state index contributed by atoms with van der Waals surface area (Å²) >= 11 is 12.0. The van der Waals surface area contributed by atoms with E-state index in [0.717, 1.165) is 16.3 Å². The summed E-state index contributed by atoms with van der Waals surface area (Å²) < 4.78 is 5.86. The van der Waals surface area contributed by atoms with Crippen LogP contribution in [0.2, 0.25) is 10.0 Å². The maximum Gasteiger partial charge on any atom is 0.261 e. The van der Waals surface area contributed by atoms with E-state index in [0.29, 0.717) is 22.3 Å². The predicted octanol–water partition coefficient (Wildman–Crippen LogP) is 5.23. The Morgan fingerprint density at radius 3 is 2.64 bits per heavy atom. The molecule has 1 atom stereocenters. The highest BCUT2D eigenvalue weighted by Gasteiger charge is 2.16. The molecule has 0 bridgehead atoms. The number of ether oxygens (including phenoxy) is 1. The molecular formula is C20H17Cl2NO2. The molecule has 0 aliphatic rings. The molecule has 5 heteroatoms. The number of hydrogen-bond acceptors (Lipinski definition) is 2. The molecule has 3 aromatic carbocycles. The van der Waals surface area contributed by atoms with E-state index in [-0.39, 0.29) is 5.91 Å². The molecule has 1 amide bonds. The lowest BCUT2D eigenvalue weighted by molar-refractivity contribution is -0.127. The SMILES string of the molecule is CC(Oc1cccc2ccccc12)C(=O)NCc1ccc(Cl)cc1Cl. The second-order valence-electron chi connectivity index (χ2n) is 5.69. The third-order valence-corrected chi connectivity index (χ3v) is 4.48. The van der Waals surface area contributed by atoms with Crippen LogP contribution in [-0.2, 0) is 11.3 Å². The van der Waals surface area contributed by atoms with E-state index in [4.69, 9.17) is 27.9 Å². The maximum atomic E-state index is 12.3. The number of rotatable bonds is 5. The van der Waals surface area contributed by atoms with Gasteiger partial charge < -0.3 is 10.1 Å². The van der Waals surface area contributed by atoms with Crippen molar-refractivity contribution in [3.63, 3.8) is 0 Å². The molecule has 0 spiro atoms. The van der Waals surface area contributed by atoms with Gasteiger partial charge in [0.1, 0.15) is 5.75 Å². The smallest absolute Gasteiger partial charge is 0.261 e. The van der Waals surface area contributed by atoms with Gasteiger partial charge >= 0.3 is 0 Å². The summed E-state index contributed by atoms with van der Waals surface area (Å²) in [7, 11) is 0. The molecule has 3 aromatic rings. The summed E-state index contributed by atoms with van der Waals surface area (Å²) in [6, 6.07) is 18.9. The largest absolute Gasteiger partial charge is 0.480 e. The van der Waals surface area contributed by atoms with Crippen molar-refractivity contribution in [2.45, 2.75) is 19.6 Å². The van der Waals surface area contributed by atoms with Gasteiger partial charge in [-0.3, -0.25) is 4.79 Å². The summed E-state index contributed by atoms with van der Waals surface area (Å²) in [4.78, 5) is 12.3. The average Bonchev–Trinajstić information content (AvgIpc) is 2.61. The fourth-order valence-corrected chi connectivity index (χ4v) is 3.01. The van der Waals surface area contributed by atoms with Crippen LogP contribution < -0.4 is 10.1 Å². The standard InChI is InChI=1S/C20H17Cl2NO2/c1-13(20(24)23-12-15-9-10-16(21)11-18(15)22)25-19-8-4-6-14-5-2-3-7-17(14)19/h2-11,13H,12H2,1H3,(H,23,24). The van der Waals surface area contributed by atoms with Gasteiger partial charge in [0.15, 0.2) is 6.10 Å². The van der Waals surface area contributed by atoms with E-state index >= 15 is 0 Å². The minimum atomic E-state index is -0.628.